The number of carboxylic acids is 4. The largest absolute Gasteiger partial charge is 0.481 e. The van der Waals surface area contributed by atoms with Gasteiger partial charge in [-0.3, -0.25) is 33.6 Å². The van der Waals surface area contributed by atoms with Crippen LogP contribution in [0, 0.1) is 5.92 Å². The van der Waals surface area contributed by atoms with Gasteiger partial charge < -0.3 is 47.4 Å². The number of nitrogens with one attached hydrogen (secondary N) is 4. The van der Waals surface area contributed by atoms with Crippen molar-refractivity contribution < 1.29 is 58.8 Å². The second-order valence-corrected chi connectivity index (χ2v) is 8.20. The lowest BCUT2D eigenvalue weighted by molar-refractivity contribution is -0.147. The number of carbonyl (C=O) groups is 8. The molecule has 0 bridgehead atoms. The third kappa shape index (κ3) is 13.4. The van der Waals surface area contributed by atoms with E-state index in [2.05, 4.69) is 10.6 Å². The molecule has 10 N–H and O–H groups in total. The van der Waals surface area contributed by atoms with Crippen molar-refractivity contribution >= 4 is 47.5 Å². The van der Waals surface area contributed by atoms with Crippen molar-refractivity contribution in [1.29, 1.82) is 0 Å². The van der Waals surface area contributed by atoms with E-state index in [1.54, 1.807) is 13.8 Å². The number of hydrogen-bond acceptors (Lipinski definition) is 9. The molecule has 0 spiro atoms. The van der Waals surface area contributed by atoms with E-state index in [9.17, 15) is 38.4 Å². The maximum absolute atomic E-state index is 12.7. The molecule has 0 aliphatic heterocycles. The van der Waals surface area contributed by atoms with Crippen LogP contribution in [-0.4, -0.2) is 98.6 Å². The Hall–Kier alpha value is -4.28. The Morgan fingerprint density at radius 1 is 0.676 bits per heavy atom. The van der Waals surface area contributed by atoms with E-state index in [1.165, 1.54) is 0 Å². The molecular weight excluding hydrogens is 502 g/mol. The molecule has 0 aliphatic carbocycles. The third-order valence-corrected chi connectivity index (χ3v) is 4.75. The number of rotatable bonds is 17. The van der Waals surface area contributed by atoms with Crippen LogP contribution in [0.15, 0.2) is 0 Å². The van der Waals surface area contributed by atoms with Crippen LogP contribution in [0.25, 0.3) is 0 Å². The minimum atomic E-state index is -1.79. The Balaban J connectivity index is 5.44. The lowest BCUT2D eigenvalue weighted by Gasteiger charge is -2.24. The summed E-state index contributed by atoms with van der Waals surface area (Å²) in [5.41, 5.74) is 5.69. The smallest absolute Gasteiger partial charge is 0.326 e. The highest BCUT2D eigenvalue weighted by atomic mass is 16.4. The standard InChI is InChI=1S/C20H31N5O12/c1-8(2)16(21)19(35)25-10(5-14(29)30)18(34)24-9(3-4-13(27)28)17(33)22-7-12(26)23-11(20(36)37)6-15(31)32/h8-11,16H,3-7,21H2,1-2H3,(H,22,33)(H,23,26)(H,24,34)(H,25,35)(H,27,28)(H,29,30)(H,31,32)(H,36,37)/t9-,10-,11-,16-/m0/s1. The van der Waals surface area contributed by atoms with Crippen LogP contribution < -0.4 is 27.0 Å². The number of hydrogen-bond donors (Lipinski definition) is 9. The minimum absolute atomic E-state index is 0.356. The maximum atomic E-state index is 12.7. The van der Waals surface area contributed by atoms with Gasteiger partial charge in [0.1, 0.15) is 18.1 Å². The molecule has 0 heterocycles. The van der Waals surface area contributed by atoms with Crippen LogP contribution in [-0.2, 0) is 38.4 Å². The van der Waals surface area contributed by atoms with E-state index >= 15 is 0 Å². The summed E-state index contributed by atoms with van der Waals surface area (Å²) in [5.74, 6) is -10.5. The van der Waals surface area contributed by atoms with Crippen molar-refractivity contribution in [3.63, 3.8) is 0 Å². The summed E-state index contributed by atoms with van der Waals surface area (Å²) in [7, 11) is 0. The monoisotopic (exact) mass is 533 g/mol. The van der Waals surface area contributed by atoms with Crippen LogP contribution in [0.4, 0.5) is 0 Å². The highest BCUT2D eigenvalue weighted by Crippen LogP contribution is 2.04. The first-order chi connectivity index (χ1) is 17.0. The van der Waals surface area contributed by atoms with Crippen molar-refractivity contribution in [3.05, 3.63) is 0 Å². The molecule has 0 saturated carbocycles. The van der Waals surface area contributed by atoms with E-state index in [0.717, 1.165) is 0 Å². The van der Waals surface area contributed by atoms with Crippen LogP contribution >= 0.6 is 0 Å². The number of nitrogens with two attached hydrogens (primary N) is 1. The van der Waals surface area contributed by atoms with Crippen molar-refractivity contribution in [1.82, 2.24) is 21.3 Å². The van der Waals surface area contributed by atoms with E-state index in [4.69, 9.17) is 26.2 Å². The quantitative estimate of drug-likeness (QED) is 0.0875. The molecule has 0 fully saturated rings. The van der Waals surface area contributed by atoms with Gasteiger partial charge in [0.25, 0.3) is 0 Å². The Labute approximate surface area is 210 Å². The summed E-state index contributed by atoms with van der Waals surface area (Å²) in [5, 5.41) is 43.8. The second kappa shape index (κ2) is 15.7. The van der Waals surface area contributed by atoms with Crippen LogP contribution in [0.3, 0.4) is 0 Å². The average Bonchev–Trinajstić information content (AvgIpc) is 2.77. The van der Waals surface area contributed by atoms with E-state index in [1.807, 2.05) is 10.6 Å². The fraction of sp³-hybridized carbons (Fsp3) is 0.600. The molecule has 0 radical (unpaired) electrons. The topological polar surface area (TPSA) is 292 Å². The number of carboxylic acid groups (broad SMARTS) is 4. The van der Waals surface area contributed by atoms with Gasteiger partial charge >= 0.3 is 23.9 Å². The molecular formula is C20H31N5O12. The lowest BCUT2D eigenvalue weighted by atomic mass is 10.0. The maximum Gasteiger partial charge on any atom is 0.326 e. The molecule has 0 aromatic carbocycles. The van der Waals surface area contributed by atoms with Gasteiger partial charge in [-0.15, -0.1) is 0 Å². The predicted molar refractivity (Wildman–Crippen MR) is 121 cm³/mol. The Bertz CT molecular complexity index is 906. The molecule has 0 rings (SSSR count). The number of amides is 4. The van der Waals surface area contributed by atoms with Gasteiger partial charge in [-0.2, -0.15) is 0 Å². The third-order valence-electron chi connectivity index (χ3n) is 4.75. The Morgan fingerprint density at radius 2 is 1.19 bits per heavy atom. The molecule has 0 aromatic rings. The zero-order valence-corrected chi connectivity index (χ0v) is 20.1. The van der Waals surface area contributed by atoms with Gasteiger partial charge in [-0.05, 0) is 12.3 Å². The van der Waals surface area contributed by atoms with Crippen molar-refractivity contribution in [2.45, 2.75) is 63.7 Å². The second-order valence-electron chi connectivity index (χ2n) is 8.20. The minimum Gasteiger partial charge on any atom is -0.481 e. The molecule has 0 aromatic heterocycles. The number of aliphatic carboxylic acids is 4. The molecule has 0 unspecified atom stereocenters. The van der Waals surface area contributed by atoms with Crippen LogP contribution in [0.2, 0.25) is 0 Å². The molecule has 4 atom stereocenters. The molecule has 37 heavy (non-hydrogen) atoms. The molecule has 17 nitrogen and oxygen atoms in total. The first-order valence-electron chi connectivity index (χ1n) is 10.9. The van der Waals surface area contributed by atoms with Crippen molar-refractivity contribution in [3.8, 4) is 0 Å². The fourth-order valence-corrected chi connectivity index (χ4v) is 2.67. The SMILES string of the molecule is CC(C)[C@H](N)C(=O)N[C@@H](CC(=O)O)C(=O)N[C@@H](CCC(=O)O)C(=O)NCC(=O)N[C@@H](CC(=O)O)C(=O)O. The van der Waals surface area contributed by atoms with Gasteiger partial charge in [-0.25, -0.2) is 4.79 Å². The normalized spacial score (nSPS) is 13.8. The van der Waals surface area contributed by atoms with Crippen molar-refractivity contribution in [2.24, 2.45) is 11.7 Å². The average molecular weight is 533 g/mol. The van der Waals surface area contributed by atoms with Gasteiger partial charge in [-0.1, -0.05) is 13.8 Å². The molecule has 4 amide bonds. The summed E-state index contributed by atoms with van der Waals surface area (Å²) in [6.07, 6.45) is -2.95. The summed E-state index contributed by atoms with van der Waals surface area (Å²) < 4.78 is 0. The first-order valence-corrected chi connectivity index (χ1v) is 10.9. The summed E-state index contributed by atoms with van der Waals surface area (Å²) in [6.45, 7) is 2.36. The predicted octanol–water partition coefficient (Wildman–Crippen LogP) is -3.56. The highest BCUT2D eigenvalue weighted by molar-refractivity contribution is 5.96. The zero-order valence-electron chi connectivity index (χ0n) is 20.1. The van der Waals surface area contributed by atoms with E-state index in [-0.39, 0.29) is 5.92 Å². The zero-order chi connectivity index (χ0) is 28.9. The number of carbonyl (C=O) groups excluding carboxylic acids is 4. The molecule has 208 valence electrons. The summed E-state index contributed by atoms with van der Waals surface area (Å²) in [6, 6.07) is -6.14. The first kappa shape index (κ1) is 32.7. The lowest BCUT2D eigenvalue weighted by Crippen LogP contribution is -2.57. The van der Waals surface area contributed by atoms with Crippen LogP contribution in [0.1, 0.15) is 39.5 Å². The highest BCUT2D eigenvalue weighted by Gasteiger charge is 2.31. The van der Waals surface area contributed by atoms with Crippen LogP contribution in [0.5, 0.6) is 0 Å². The van der Waals surface area contributed by atoms with Gasteiger partial charge in [0.2, 0.25) is 23.6 Å². The summed E-state index contributed by atoms with van der Waals surface area (Å²) in [4.78, 5) is 93.2. The van der Waals surface area contributed by atoms with Gasteiger partial charge in [0.15, 0.2) is 0 Å². The molecule has 0 aliphatic rings. The Morgan fingerprint density at radius 3 is 1.65 bits per heavy atom. The fourth-order valence-electron chi connectivity index (χ4n) is 2.67. The summed E-state index contributed by atoms with van der Waals surface area (Å²) >= 11 is 0. The van der Waals surface area contributed by atoms with E-state index < -0.39 is 104 Å². The van der Waals surface area contributed by atoms with E-state index in [0.29, 0.717) is 0 Å². The molecule has 0 saturated heterocycles. The van der Waals surface area contributed by atoms with Gasteiger partial charge in [0, 0.05) is 6.42 Å². The van der Waals surface area contributed by atoms with Gasteiger partial charge in [0.05, 0.1) is 25.4 Å². The van der Waals surface area contributed by atoms with Crippen molar-refractivity contribution in [2.75, 3.05) is 6.54 Å². The molecule has 17 heteroatoms. The Kier molecular flexibility index (Phi) is 13.8.